The third-order valence-corrected chi connectivity index (χ3v) is 2.88. The molecule has 0 saturated carbocycles. The molecule has 6 heteroatoms. The lowest BCUT2D eigenvalue weighted by molar-refractivity contribution is 0.248. The van der Waals surface area contributed by atoms with Gasteiger partial charge in [0.1, 0.15) is 11.6 Å². The first-order valence-corrected chi connectivity index (χ1v) is 6.21. The summed E-state index contributed by atoms with van der Waals surface area (Å²) >= 11 is 0. The van der Waals surface area contributed by atoms with Crippen LogP contribution in [-0.2, 0) is 11.3 Å². The first kappa shape index (κ1) is 13.2. The van der Waals surface area contributed by atoms with Gasteiger partial charge >= 0.3 is 0 Å². The summed E-state index contributed by atoms with van der Waals surface area (Å²) < 4.78 is 26.3. The molecule has 0 spiro atoms. The van der Waals surface area contributed by atoms with Gasteiger partial charge in [-0.05, 0) is 29.8 Å². The van der Waals surface area contributed by atoms with Crippen LogP contribution in [0, 0.1) is 11.6 Å². The summed E-state index contributed by atoms with van der Waals surface area (Å²) in [6.07, 6.45) is 1.80. The largest absolute Gasteiger partial charge is 0.364 e. The van der Waals surface area contributed by atoms with Gasteiger partial charge in [0.15, 0.2) is 5.82 Å². The minimum Gasteiger partial charge on any atom is -0.364 e. The van der Waals surface area contributed by atoms with Crippen molar-refractivity contribution in [1.82, 2.24) is 10.5 Å². The molecule has 2 heterocycles. The number of pyridine rings is 1. The molecule has 3 rings (SSSR count). The predicted molar refractivity (Wildman–Crippen MR) is 74.1 cm³/mol. The van der Waals surface area contributed by atoms with Crippen LogP contribution in [0.25, 0.3) is 12.4 Å². The summed E-state index contributed by atoms with van der Waals surface area (Å²) in [5.41, 5.74) is 3.10. The van der Waals surface area contributed by atoms with Crippen LogP contribution in [0.3, 0.4) is 0 Å². The van der Waals surface area contributed by atoms with Crippen LogP contribution < -0.4 is 16.0 Å². The van der Waals surface area contributed by atoms with Crippen molar-refractivity contribution in [2.24, 2.45) is 4.99 Å². The topological polar surface area (TPSA) is 46.5 Å². The van der Waals surface area contributed by atoms with Gasteiger partial charge in [-0.25, -0.2) is 14.3 Å². The molecular weight excluding hydrogens is 276 g/mol. The molecule has 1 aliphatic rings. The van der Waals surface area contributed by atoms with Gasteiger partial charge in [0.2, 0.25) is 5.90 Å². The van der Waals surface area contributed by atoms with Gasteiger partial charge in [-0.1, -0.05) is 6.58 Å². The third kappa shape index (κ3) is 3.05. The highest BCUT2D eigenvalue weighted by atomic mass is 19.1. The lowest BCUT2D eigenvalue weighted by Crippen LogP contribution is -2.18. The Hall–Kier alpha value is -2.76. The molecule has 0 radical (unpaired) electrons. The molecule has 0 bridgehead atoms. The molecular formula is C15H11F2N3O. The van der Waals surface area contributed by atoms with Gasteiger partial charge in [-0.3, -0.25) is 4.98 Å². The van der Waals surface area contributed by atoms with Crippen LogP contribution in [0.1, 0.15) is 5.56 Å². The van der Waals surface area contributed by atoms with Crippen molar-refractivity contribution in [3.8, 4) is 0 Å². The number of hydrogen-bond acceptors (Lipinski definition) is 4. The van der Waals surface area contributed by atoms with E-state index in [9.17, 15) is 8.78 Å². The molecule has 0 aliphatic carbocycles. The zero-order valence-electron chi connectivity index (χ0n) is 10.9. The zero-order chi connectivity index (χ0) is 14.8. The Kier molecular flexibility index (Phi) is 3.35. The summed E-state index contributed by atoms with van der Waals surface area (Å²) in [5, 5.41) is 1.39. The van der Waals surface area contributed by atoms with Crippen molar-refractivity contribution in [3.63, 3.8) is 0 Å². The minimum absolute atomic E-state index is 0.187. The van der Waals surface area contributed by atoms with Gasteiger partial charge in [0, 0.05) is 17.5 Å². The fourth-order valence-electron chi connectivity index (χ4n) is 1.93. The molecule has 0 amide bonds. The number of aromatic nitrogens is 1. The maximum Gasteiger partial charge on any atom is 0.228 e. The first-order valence-electron chi connectivity index (χ1n) is 6.21. The Balaban J connectivity index is 1.88. The number of rotatable bonds is 2. The molecule has 1 aliphatic heterocycles. The first-order chi connectivity index (χ1) is 10.1. The van der Waals surface area contributed by atoms with Crippen LogP contribution in [0.4, 0.5) is 8.78 Å². The van der Waals surface area contributed by atoms with Gasteiger partial charge < -0.3 is 4.84 Å². The molecule has 1 aromatic heterocycles. The van der Waals surface area contributed by atoms with E-state index in [1.54, 1.807) is 18.3 Å². The zero-order valence-corrected chi connectivity index (χ0v) is 10.9. The normalized spacial score (nSPS) is 16.2. The van der Waals surface area contributed by atoms with E-state index in [1.807, 2.05) is 0 Å². The highest BCUT2D eigenvalue weighted by molar-refractivity contribution is 5.84. The Bertz CT molecular complexity index is 790. The van der Waals surface area contributed by atoms with Crippen molar-refractivity contribution in [1.29, 1.82) is 0 Å². The standard InChI is InChI=1S/C15H11F2N3O/c1-9-2-3-11(8-18-9)15-19-14(21-20-15)6-10-4-12(16)7-13(17)5-10/h2-5,7-8,20H,1,6H2. The van der Waals surface area contributed by atoms with Crippen LogP contribution in [0.5, 0.6) is 0 Å². The molecule has 1 N–H and O–H groups in total. The highest BCUT2D eigenvalue weighted by Crippen LogP contribution is 2.12. The Morgan fingerprint density at radius 1 is 1.14 bits per heavy atom. The van der Waals surface area contributed by atoms with Crippen LogP contribution in [0.2, 0.25) is 0 Å². The van der Waals surface area contributed by atoms with E-state index in [0.29, 0.717) is 22.6 Å². The van der Waals surface area contributed by atoms with Crippen molar-refractivity contribution in [3.05, 3.63) is 64.3 Å². The number of nitrogens with zero attached hydrogens (tertiary/aromatic N) is 2. The number of hydrogen-bond donors (Lipinski definition) is 1. The molecule has 4 nitrogen and oxygen atoms in total. The van der Waals surface area contributed by atoms with Gasteiger partial charge in [0.05, 0.1) is 11.8 Å². The number of benzene rings is 1. The molecule has 2 aromatic rings. The van der Waals surface area contributed by atoms with E-state index in [4.69, 9.17) is 4.84 Å². The molecule has 0 saturated heterocycles. The molecule has 0 atom stereocenters. The Labute approximate surface area is 119 Å². The maximum absolute atomic E-state index is 13.1. The van der Waals surface area contributed by atoms with Gasteiger partial charge in [-0.15, -0.1) is 0 Å². The minimum atomic E-state index is -0.629. The van der Waals surface area contributed by atoms with Gasteiger partial charge in [0.25, 0.3) is 0 Å². The van der Waals surface area contributed by atoms with Crippen LogP contribution >= 0.6 is 0 Å². The summed E-state index contributed by atoms with van der Waals surface area (Å²) in [5.74, 6) is -0.435. The molecule has 21 heavy (non-hydrogen) atoms. The lowest BCUT2D eigenvalue weighted by atomic mass is 10.1. The Morgan fingerprint density at radius 3 is 2.57 bits per heavy atom. The summed E-state index contributed by atoms with van der Waals surface area (Å²) in [6, 6.07) is 6.86. The second-order valence-corrected chi connectivity index (χ2v) is 4.55. The average molecular weight is 287 g/mol. The number of halogens is 2. The van der Waals surface area contributed by atoms with E-state index in [2.05, 4.69) is 22.0 Å². The quantitative estimate of drug-likeness (QED) is 0.897. The summed E-state index contributed by atoms with van der Waals surface area (Å²) in [4.78, 5) is 13.5. The lowest BCUT2D eigenvalue weighted by Gasteiger charge is -2.01. The number of aliphatic imine (C=N–C) groups is 1. The van der Waals surface area contributed by atoms with E-state index < -0.39 is 11.6 Å². The molecule has 106 valence electrons. The van der Waals surface area contributed by atoms with E-state index in [0.717, 1.165) is 11.3 Å². The maximum atomic E-state index is 13.1. The summed E-state index contributed by atoms with van der Waals surface area (Å²) in [6.45, 7) is 3.70. The van der Waals surface area contributed by atoms with E-state index in [1.165, 1.54) is 12.1 Å². The monoisotopic (exact) mass is 287 g/mol. The van der Waals surface area contributed by atoms with Crippen molar-refractivity contribution < 1.29 is 13.6 Å². The molecule has 0 unspecified atom stereocenters. The second kappa shape index (κ2) is 5.32. The van der Waals surface area contributed by atoms with E-state index in [-0.39, 0.29) is 6.42 Å². The van der Waals surface area contributed by atoms with Crippen molar-refractivity contribution in [2.75, 3.05) is 0 Å². The van der Waals surface area contributed by atoms with Crippen LogP contribution in [0.15, 0.2) is 41.5 Å². The molecule has 1 aromatic carbocycles. The van der Waals surface area contributed by atoms with Crippen molar-refractivity contribution >= 4 is 18.3 Å². The van der Waals surface area contributed by atoms with Gasteiger partial charge in [-0.2, -0.15) is 4.99 Å². The summed E-state index contributed by atoms with van der Waals surface area (Å²) in [7, 11) is 0. The number of hydroxylamine groups is 1. The van der Waals surface area contributed by atoms with E-state index >= 15 is 0 Å². The number of nitrogens with one attached hydrogen (secondary N) is 1. The predicted octanol–water partition coefficient (Wildman–Crippen LogP) is 1.01. The van der Waals surface area contributed by atoms with Crippen LogP contribution in [-0.4, -0.2) is 10.9 Å². The second-order valence-electron chi connectivity index (χ2n) is 4.55. The fraction of sp³-hybridized carbons (Fsp3) is 0.0667. The smallest absolute Gasteiger partial charge is 0.228 e. The highest BCUT2D eigenvalue weighted by Gasteiger charge is 2.14. The molecule has 0 fully saturated rings. The fourth-order valence-corrected chi connectivity index (χ4v) is 1.93. The Morgan fingerprint density at radius 2 is 1.90 bits per heavy atom. The SMILES string of the molecule is C=c1ccc(=C2N=C(Cc3cc(F)cc(F)c3)ON2)cn1. The third-order valence-electron chi connectivity index (χ3n) is 2.88. The average Bonchev–Trinajstić information content (AvgIpc) is 2.87. The van der Waals surface area contributed by atoms with Crippen molar-refractivity contribution in [2.45, 2.75) is 6.42 Å².